The highest BCUT2D eigenvalue weighted by atomic mass is 14.8. The van der Waals surface area contributed by atoms with Gasteiger partial charge in [-0.3, -0.25) is 0 Å². The average Bonchev–Trinajstić information content (AvgIpc) is 2.30. The van der Waals surface area contributed by atoms with E-state index >= 15 is 0 Å². The van der Waals surface area contributed by atoms with Gasteiger partial charge >= 0.3 is 0 Å². The molecule has 0 fully saturated rings. The Bertz CT molecular complexity index is 322. The van der Waals surface area contributed by atoms with Gasteiger partial charge in [0, 0.05) is 0 Å². The Balaban J connectivity index is 2.49. The third kappa shape index (κ3) is 4.63. The zero-order valence-corrected chi connectivity index (χ0v) is 10.7. The lowest BCUT2D eigenvalue weighted by atomic mass is 10.0. The lowest BCUT2D eigenvalue weighted by Crippen LogP contribution is -2.06. The van der Waals surface area contributed by atoms with Gasteiger partial charge in [0.1, 0.15) is 0 Å². The van der Waals surface area contributed by atoms with Crippen molar-refractivity contribution in [3.05, 3.63) is 47.0 Å². The topological polar surface area (TPSA) is 12.0 Å². The van der Waals surface area contributed by atoms with Gasteiger partial charge in [0.25, 0.3) is 0 Å². The summed E-state index contributed by atoms with van der Waals surface area (Å²) < 4.78 is 0. The molecule has 0 aliphatic carbocycles. The Morgan fingerprint density at radius 1 is 1.19 bits per heavy atom. The van der Waals surface area contributed by atoms with Gasteiger partial charge in [-0.15, -0.1) is 0 Å². The molecule has 0 atom stereocenters. The van der Waals surface area contributed by atoms with Gasteiger partial charge < -0.3 is 5.32 Å². The van der Waals surface area contributed by atoms with Crippen LogP contribution in [0.5, 0.6) is 0 Å². The Morgan fingerprint density at radius 2 is 1.81 bits per heavy atom. The van der Waals surface area contributed by atoms with Crippen molar-refractivity contribution in [2.75, 3.05) is 13.6 Å². The largest absolute Gasteiger partial charge is 0.319 e. The normalized spacial score (nSPS) is 11.8. The minimum atomic E-state index is 1.06. The Labute approximate surface area is 99.6 Å². The molecule has 1 aromatic rings. The summed E-state index contributed by atoms with van der Waals surface area (Å²) >= 11 is 0. The molecule has 1 N–H and O–H groups in total. The maximum atomic E-state index is 3.16. The second-order valence-electron chi connectivity index (χ2n) is 4.29. The summed E-state index contributed by atoms with van der Waals surface area (Å²) in [6, 6.07) is 8.95. The lowest BCUT2D eigenvalue weighted by Gasteiger charge is -2.04. The molecular weight excluding hydrogens is 194 g/mol. The fraction of sp³-hybridized carbons (Fsp3) is 0.467. The number of rotatable bonds is 6. The van der Waals surface area contributed by atoms with Gasteiger partial charge in [0.2, 0.25) is 0 Å². The molecule has 1 aromatic carbocycles. The monoisotopic (exact) mass is 217 g/mol. The van der Waals surface area contributed by atoms with Crippen molar-refractivity contribution in [1.29, 1.82) is 0 Å². The van der Waals surface area contributed by atoms with Crippen LogP contribution in [0.3, 0.4) is 0 Å². The molecular formula is C15H23N. The van der Waals surface area contributed by atoms with E-state index in [1.165, 1.54) is 16.7 Å². The number of hydrogen-bond acceptors (Lipinski definition) is 1. The molecule has 1 heteroatoms. The summed E-state index contributed by atoms with van der Waals surface area (Å²) in [5.74, 6) is 0. The van der Waals surface area contributed by atoms with E-state index in [1.54, 1.807) is 0 Å². The van der Waals surface area contributed by atoms with Crippen molar-refractivity contribution in [2.45, 2.75) is 33.1 Å². The molecule has 0 bridgehead atoms. The molecule has 0 aliphatic heterocycles. The minimum absolute atomic E-state index is 1.06. The number of hydrogen-bond donors (Lipinski definition) is 1. The molecule has 0 spiro atoms. The molecule has 88 valence electrons. The smallest absolute Gasteiger partial charge is 0.00172 e. The van der Waals surface area contributed by atoms with Crippen LogP contribution >= 0.6 is 0 Å². The maximum Gasteiger partial charge on any atom is -0.00172 e. The number of aryl methyl sites for hydroxylation is 1. The van der Waals surface area contributed by atoms with Crippen LogP contribution in [-0.4, -0.2) is 13.6 Å². The van der Waals surface area contributed by atoms with Crippen LogP contribution in [0.2, 0.25) is 0 Å². The molecule has 0 aliphatic rings. The molecule has 0 saturated heterocycles. The van der Waals surface area contributed by atoms with Crippen molar-refractivity contribution in [2.24, 2.45) is 0 Å². The van der Waals surface area contributed by atoms with Gasteiger partial charge in [-0.2, -0.15) is 0 Å². The molecule has 1 rings (SSSR count). The lowest BCUT2D eigenvalue weighted by molar-refractivity contribution is 0.803. The highest BCUT2D eigenvalue weighted by molar-refractivity contribution is 5.25. The van der Waals surface area contributed by atoms with Crippen molar-refractivity contribution < 1.29 is 0 Å². The molecule has 0 unspecified atom stereocenters. The minimum Gasteiger partial charge on any atom is -0.319 e. The zero-order valence-electron chi connectivity index (χ0n) is 10.7. The number of benzene rings is 1. The summed E-state index contributed by atoms with van der Waals surface area (Å²) in [5, 5.41) is 3.16. The van der Waals surface area contributed by atoms with E-state index in [4.69, 9.17) is 0 Å². The first kappa shape index (κ1) is 13.0. The zero-order chi connectivity index (χ0) is 11.8. The van der Waals surface area contributed by atoms with Crippen LogP contribution in [0.15, 0.2) is 35.9 Å². The van der Waals surface area contributed by atoms with E-state index < -0.39 is 0 Å². The molecule has 0 aromatic heterocycles. The van der Waals surface area contributed by atoms with E-state index in [9.17, 15) is 0 Å². The van der Waals surface area contributed by atoms with E-state index in [0.717, 1.165) is 25.8 Å². The molecule has 0 heterocycles. The van der Waals surface area contributed by atoms with E-state index in [0.29, 0.717) is 0 Å². The van der Waals surface area contributed by atoms with Crippen LogP contribution in [0.25, 0.3) is 0 Å². The van der Waals surface area contributed by atoms with Crippen molar-refractivity contribution in [1.82, 2.24) is 5.32 Å². The molecule has 16 heavy (non-hydrogen) atoms. The third-order valence-corrected chi connectivity index (χ3v) is 2.80. The molecule has 0 amide bonds. The van der Waals surface area contributed by atoms with Crippen molar-refractivity contribution in [3.63, 3.8) is 0 Å². The van der Waals surface area contributed by atoms with Crippen LogP contribution in [0.1, 0.15) is 31.4 Å². The Morgan fingerprint density at radius 3 is 2.38 bits per heavy atom. The van der Waals surface area contributed by atoms with E-state index in [-0.39, 0.29) is 0 Å². The number of allylic oxidation sites excluding steroid dienone is 1. The first-order valence-corrected chi connectivity index (χ1v) is 6.14. The molecule has 0 radical (unpaired) electrons. The van der Waals surface area contributed by atoms with Crippen LogP contribution in [-0.2, 0) is 12.8 Å². The number of nitrogens with one attached hydrogen (secondary N) is 1. The quantitative estimate of drug-likeness (QED) is 0.569. The van der Waals surface area contributed by atoms with Crippen LogP contribution in [0.4, 0.5) is 0 Å². The van der Waals surface area contributed by atoms with Gasteiger partial charge in [0.05, 0.1) is 0 Å². The van der Waals surface area contributed by atoms with E-state index in [2.05, 4.69) is 49.5 Å². The molecule has 0 saturated carbocycles. The van der Waals surface area contributed by atoms with Gasteiger partial charge in [0.15, 0.2) is 0 Å². The Kier molecular flexibility index (Phi) is 5.87. The van der Waals surface area contributed by atoms with E-state index in [1.807, 2.05) is 7.05 Å². The van der Waals surface area contributed by atoms with Crippen molar-refractivity contribution >= 4 is 0 Å². The average molecular weight is 217 g/mol. The standard InChI is InChI=1S/C15H23N/c1-4-14-7-9-15(10-8-14)12-13(2)6-5-11-16-3/h6-10,16H,4-5,11-12H2,1-3H3. The second-order valence-corrected chi connectivity index (χ2v) is 4.29. The fourth-order valence-corrected chi connectivity index (χ4v) is 1.75. The maximum absolute atomic E-state index is 3.16. The Hall–Kier alpha value is -1.08. The summed E-state index contributed by atoms with van der Waals surface area (Å²) in [4.78, 5) is 0. The summed E-state index contributed by atoms with van der Waals surface area (Å²) in [6.45, 7) is 5.47. The SMILES string of the molecule is CCc1ccc(CC(C)=CCCNC)cc1. The first-order valence-electron chi connectivity index (χ1n) is 6.14. The van der Waals surface area contributed by atoms with Gasteiger partial charge in [-0.05, 0) is 50.9 Å². The highest BCUT2D eigenvalue weighted by Gasteiger charge is 1.95. The fourth-order valence-electron chi connectivity index (χ4n) is 1.75. The molecule has 1 nitrogen and oxygen atoms in total. The summed E-state index contributed by atoms with van der Waals surface area (Å²) in [7, 11) is 1.99. The predicted molar refractivity (Wildman–Crippen MR) is 71.8 cm³/mol. The van der Waals surface area contributed by atoms with Gasteiger partial charge in [-0.25, -0.2) is 0 Å². The van der Waals surface area contributed by atoms with Gasteiger partial charge in [-0.1, -0.05) is 42.8 Å². The predicted octanol–water partition coefficient (Wildman–Crippen LogP) is 3.35. The summed E-state index contributed by atoms with van der Waals surface area (Å²) in [5.41, 5.74) is 4.29. The summed E-state index contributed by atoms with van der Waals surface area (Å²) in [6.07, 6.45) is 5.64. The first-order chi connectivity index (χ1) is 7.76. The van der Waals surface area contributed by atoms with Crippen LogP contribution < -0.4 is 5.32 Å². The van der Waals surface area contributed by atoms with Crippen LogP contribution in [0, 0.1) is 0 Å². The third-order valence-electron chi connectivity index (χ3n) is 2.80. The second kappa shape index (κ2) is 7.24. The highest BCUT2D eigenvalue weighted by Crippen LogP contribution is 2.10. The van der Waals surface area contributed by atoms with Crippen molar-refractivity contribution in [3.8, 4) is 0 Å².